The highest BCUT2D eigenvalue weighted by atomic mass is 16.5. The Balaban J connectivity index is 2.39. The Kier molecular flexibility index (Phi) is 1.51. The molecule has 0 spiro atoms. The van der Waals surface area contributed by atoms with Gasteiger partial charge in [-0.05, 0) is 6.07 Å². The average molecular weight is 150 g/mol. The third-order valence-corrected chi connectivity index (χ3v) is 1.98. The molecule has 2 heterocycles. The zero-order valence-electron chi connectivity index (χ0n) is 6.16. The van der Waals surface area contributed by atoms with Crippen LogP contribution in [-0.2, 0) is 0 Å². The molecule has 1 atom stereocenters. The van der Waals surface area contributed by atoms with E-state index in [4.69, 9.17) is 10.5 Å². The van der Waals surface area contributed by atoms with E-state index in [9.17, 15) is 0 Å². The highest BCUT2D eigenvalue weighted by Gasteiger charge is 2.21. The van der Waals surface area contributed by atoms with Crippen LogP contribution in [0.15, 0.2) is 18.5 Å². The van der Waals surface area contributed by atoms with Crippen molar-refractivity contribution in [3.05, 3.63) is 24.0 Å². The van der Waals surface area contributed by atoms with E-state index in [0.717, 1.165) is 5.75 Å². The molecule has 1 aromatic heterocycles. The summed E-state index contributed by atoms with van der Waals surface area (Å²) in [6, 6.07) is 1.97. The van der Waals surface area contributed by atoms with Crippen LogP contribution in [0, 0.1) is 0 Å². The SMILES string of the molecule is NCC1COc2cnccc21. The van der Waals surface area contributed by atoms with E-state index < -0.39 is 0 Å². The largest absolute Gasteiger partial charge is 0.491 e. The monoisotopic (exact) mass is 150 g/mol. The van der Waals surface area contributed by atoms with E-state index in [-0.39, 0.29) is 0 Å². The van der Waals surface area contributed by atoms with Gasteiger partial charge in [-0.15, -0.1) is 0 Å². The van der Waals surface area contributed by atoms with Gasteiger partial charge in [-0.1, -0.05) is 0 Å². The van der Waals surface area contributed by atoms with Crippen LogP contribution in [0.25, 0.3) is 0 Å². The molecule has 2 N–H and O–H groups in total. The van der Waals surface area contributed by atoms with Crippen molar-refractivity contribution < 1.29 is 4.74 Å². The molecule has 0 amide bonds. The molecule has 3 nitrogen and oxygen atoms in total. The van der Waals surface area contributed by atoms with Crippen molar-refractivity contribution in [2.75, 3.05) is 13.2 Å². The molecule has 0 saturated heterocycles. The van der Waals surface area contributed by atoms with E-state index in [1.807, 2.05) is 6.07 Å². The van der Waals surface area contributed by atoms with Crippen LogP contribution in [0.4, 0.5) is 0 Å². The summed E-state index contributed by atoms with van der Waals surface area (Å²) in [4.78, 5) is 3.96. The minimum Gasteiger partial charge on any atom is -0.491 e. The number of fused-ring (bicyclic) bond motifs is 1. The fourth-order valence-electron chi connectivity index (χ4n) is 1.32. The number of ether oxygens (including phenoxy) is 1. The summed E-state index contributed by atoms with van der Waals surface area (Å²) in [5, 5.41) is 0. The summed E-state index contributed by atoms with van der Waals surface area (Å²) in [6.45, 7) is 1.36. The lowest BCUT2D eigenvalue weighted by Crippen LogP contribution is -2.13. The van der Waals surface area contributed by atoms with Gasteiger partial charge in [0.25, 0.3) is 0 Å². The highest BCUT2D eigenvalue weighted by Crippen LogP contribution is 2.31. The highest BCUT2D eigenvalue weighted by molar-refractivity contribution is 5.36. The van der Waals surface area contributed by atoms with Gasteiger partial charge in [-0.2, -0.15) is 0 Å². The molecule has 1 aliphatic rings. The van der Waals surface area contributed by atoms with E-state index in [1.54, 1.807) is 12.4 Å². The second-order valence-corrected chi connectivity index (χ2v) is 2.66. The van der Waals surface area contributed by atoms with Gasteiger partial charge in [-0.25, -0.2) is 0 Å². The molecule has 0 saturated carbocycles. The number of hydrogen-bond donors (Lipinski definition) is 1. The molecule has 11 heavy (non-hydrogen) atoms. The molecule has 0 aromatic carbocycles. The number of nitrogens with two attached hydrogens (primary N) is 1. The molecule has 2 rings (SSSR count). The molecule has 0 radical (unpaired) electrons. The lowest BCUT2D eigenvalue weighted by molar-refractivity contribution is 0.332. The van der Waals surface area contributed by atoms with Gasteiger partial charge in [0.15, 0.2) is 0 Å². The van der Waals surface area contributed by atoms with Crippen LogP contribution in [-0.4, -0.2) is 18.1 Å². The fraction of sp³-hybridized carbons (Fsp3) is 0.375. The lowest BCUT2D eigenvalue weighted by atomic mass is 10.0. The zero-order valence-corrected chi connectivity index (χ0v) is 6.16. The first-order valence-electron chi connectivity index (χ1n) is 3.68. The summed E-state index contributed by atoms with van der Waals surface area (Å²) in [5.74, 6) is 1.26. The third kappa shape index (κ3) is 0.973. The quantitative estimate of drug-likeness (QED) is 0.634. The van der Waals surface area contributed by atoms with Gasteiger partial charge in [0.05, 0.1) is 12.8 Å². The number of nitrogens with zero attached hydrogens (tertiary/aromatic N) is 1. The van der Waals surface area contributed by atoms with Crippen molar-refractivity contribution in [3.8, 4) is 5.75 Å². The van der Waals surface area contributed by atoms with Crippen LogP contribution in [0.5, 0.6) is 5.75 Å². The average Bonchev–Trinajstić information content (AvgIpc) is 2.47. The van der Waals surface area contributed by atoms with Crippen LogP contribution < -0.4 is 10.5 Å². The molecular formula is C8H10N2O. The van der Waals surface area contributed by atoms with E-state index in [2.05, 4.69) is 4.98 Å². The van der Waals surface area contributed by atoms with Crippen molar-refractivity contribution in [1.29, 1.82) is 0 Å². The van der Waals surface area contributed by atoms with Gasteiger partial charge in [-0.3, -0.25) is 4.98 Å². The van der Waals surface area contributed by atoms with Crippen molar-refractivity contribution >= 4 is 0 Å². The Bertz CT molecular complexity index is 262. The van der Waals surface area contributed by atoms with E-state index in [0.29, 0.717) is 19.1 Å². The lowest BCUT2D eigenvalue weighted by Gasteiger charge is -2.01. The van der Waals surface area contributed by atoms with E-state index >= 15 is 0 Å². The maximum absolute atomic E-state index is 5.55. The normalized spacial score (nSPS) is 21.0. The summed E-state index contributed by atoms with van der Waals surface area (Å²) >= 11 is 0. The molecular weight excluding hydrogens is 140 g/mol. The Morgan fingerprint density at radius 3 is 3.45 bits per heavy atom. The number of hydrogen-bond acceptors (Lipinski definition) is 3. The maximum atomic E-state index is 5.55. The van der Waals surface area contributed by atoms with Crippen molar-refractivity contribution in [3.63, 3.8) is 0 Å². The molecule has 0 bridgehead atoms. The summed E-state index contributed by atoms with van der Waals surface area (Å²) in [6.07, 6.45) is 3.52. The van der Waals surface area contributed by atoms with Crippen LogP contribution >= 0.6 is 0 Å². The zero-order chi connectivity index (χ0) is 7.68. The molecule has 1 aliphatic heterocycles. The Morgan fingerprint density at radius 1 is 1.73 bits per heavy atom. The number of rotatable bonds is 1. The first-order chi connectivity index (χ1) is 5.42. The van der Waals surface area contributed by atoms with Gasteiger partial charge in [0, 0.05) is 24.2 Å². The number of pyridine rings is 1. The summed E-state index contributed by atoms with van der Waals surface area (Å²) in [5.41, 5.74) is 6.74. The maximum Gasteiger partial charge on any atom is 0.141 e. The van der Waals surface area contributed by atoms with Gasteiger partial charge < -0.3 is 10.5 Å². The Morgan fingerprint density at radius 2 is 2.64 bits per heavy atom. The predicted octanol–water partition coefficient (Wildman–Crippen LogP) is 0.516. The first kappa shape index (κ1) is 6.61. The third-order valence-electron chi connectivity index (χ3n) is 1.98. The van der Waals surface area contributed by atoms with Gasteiger partial charge in [0.2, 0.25) is 0 Å². The molecule has 3 heteroatoms. The van der Waals surface area contributed by atoms with Crippen molar-refractivity contribution in [2.24, 2.45) is 5.73 Å². The minimum absolute atomic E-state index is 0.369. The Hall–Kier alpha value is -1.09. The van der Waals surface area contributed by atoms with Crippen molar-refractivity contribution in [2.45, 2.75) is 5.92 Å². The molecule has 58 valence electrons. The minimum atomic E-state index is 0.369. The topological polar surface area (TPSA) is 48.1 Å². The predicted molar refractivity (Wildman–Crippen MR) is 41.5 cm³/mol. The molecule has 0 aliphatic carbocycles. The van der Waals surface area contributed by atoms with Gasteiger partial charge in [0.1, 0.15) is 5.75 Å². The molecule has 0 fully saturated rings. The second-order valence-electron chi connectivity index (χ2n) is 2.66. The van der Waals surface area contributed by atoms with Gasteiger partial charge >= 0.3 is 0 Å². The van der Waals surface area contributed by atoms with Crippen LogP contribution in [0.3, 0.4) is 0 Å². The summed E-state index contributed by atoms with van der Waals surface area (Å²) < 4.78 is 5.36. The standard InChI is InChI=1S/C8H10N2O/c9-3-6-5-11-8-4-10-2-1-7(6)8/h1-2,4,6H,3,5,9H2. The molecule has 1 unspecified atom stereocenters. The van der Waals surface area contributed by atoms with Crippen LogP contribution in [0.2, 0.25) is 0 Å². The van der Waals surface area contributed by atoms with Crippen LogP contribution in [0.1, 0.15) is 11.5 Å². The smallest absolute Gasteiger partial charge is 0.141 e. The second kappa shape index (κ2) is 2.51. The summed E-state index contributed by atoms with van der Waals surface area (Å²) in [7, 11) is 0. The fourth-order valence-corrected chi connectivity index (χ4v) is 1.32. The number of aromatic nitrogens is 1. The van der Waals surface area contributed by atoms with Crippen molar-refractivity contribution in [1.82, 2.24) is 4.98 Å². The first-order valence-corrected chi connectivity index (χ1v) is 3.68. The van der Waals surface area contributed by atoms with E-state index in [1.165, 1.54) is 5.56 Å². The Labute approximate surface area is 65.2 Å². The molecule has 1 aromatic rings.